The van der Waals surface area contributed by atoms with Crippen molar-refractivity contribution >= 4 is 126 Å². The van der Waals surface area contributed by atoms with Crippen molar-refractivity contribution in [2.75, 3.05) is 0 Å². The second-order valence-corrected chi connectivity index (χ2v) is 0. The molecule has 0 heterocycles. The fourth-order valence-corrected chi connectivity index (χ4v) is 0. The SMILES string of the molecule is [AlH3].[AlH3].[Ga+3].[Ga+3].[InH3].[InH3].[O-2].[O-2].[O-2]. The van der Waals surface area contributed by atoms with E-state index in [4.69, 9.17) is 0 Å². The molecule has 0 saturated heterocycles. The standard InChI is InChI=1S/2Al.2Ga.2In.3O.12H/q;;2*+3;;;3*-2;;;;;;;;;;;;. The van der Waals surface area contributed by atoms with Gasteiger partial charge in [-0.05, 0) is 0 Å². The van der Waals surface area contributed by atoms with Gasteiger partial charge >= 0.3 is 91.3 Å². The van der Waals surface area contributed by atoms with Crippen molar-refractivity contribution in [3.63, 3.8) is 0 Å². The van der Waals surface area contributed by atoms with Crippen molar-refractivity contribution in [2.24, 2.45) is 0 Å². The summed E-state index contributed by atoms with van der Waals surface area (Å²) in [6, 6.07) is 0. The first kappa shape index (κ1) is 118. The molecule has 0 aromatic carbocycles. The molecule has 0 aromatic heterocycles. The molecule has 0 rings (SSSR count). The number of rotatable bonds is 0. The summed E-state index contributed by atoms with van der Waals surface area (Å²) in [5.41, 5.74) is 0. The molecule has 9 heteroatoms. The van der Waals surface area contributed by atoms with E-state index in [1.807, 2.05) is 0 Å². The number of hydrogen-bond donors (Lipinski definition) is 0. The molecular formula is H12Al2Ga2In2O3. The molecule has 0 saturated carbocycles. The van der Waals surface area contributed by atoms with Gasteiger partial charge in [-0.2, -0.15) is 0 Å². The van der Waals surface area contributed by atoms with Crippen molar-refractivity contribution < 1.29 is 16.4 Å². The average molecular weight is 483 g/mol. The predicted molar refractivity (Wildman–Crippen MR) is 53.3 cm³/mol. The van der Waals surface area contributed by atoms with Crippen molar-refractivity contribution in [1.82, 2.24) is 0 Å². The largest absolute Gasteiger partial charge is 2.00 e. The second kappa shape index (κ2) is 91.7. The van der Waals surface area contributed by atoms with Gasteiger partial charge in [0.15, 0.2) is 34.7 Å². The van der Waals surface area contributed by atoms with Gasteiger partial charge in [-0.1, -0.05) is 0 Å². The summed E-state index contributed by atoms with van der Waals surface area (Å²) in [6.45, 7) is 0. The quantitative estimate of drug-likeness (QED) is 0.308. The molecular weight excluding hydrogens is 471 g/mol. The van der Waals surface area contributed by atoms with E-state index in [0.29, 0.717) is 0 Å². The molecule has 0 fully saturated rings. The maximum atomic E-state index is 0. The zero-order chi connectivity index (χ0) is 0. The van der Waals surface area contributed by atoms with Gasteiger partial charge in [0.1, 0.15) is 0 Å². The monoisotopic (exact) mass is 482 g/mol. The Bertz CT molecular complexity index is 17.8. The van der Waals surface area contributed by atoms with Crippen LogP contribution in [0.15, 0.2) is 0 Å². The maximum absolute atomic E-state index is 0. The first-order valence-corrected chi connectivity index (χ1v) is 0. The van der Waals surface area contributed by atoms with Crippen molar-refractivity contribution in [3.8, 4) is 0 Å². The topological polar surface area (TPSA) is 85.5 Å². The Labute approximate surface area is 140 Å². The van der Waals surface area contributed by atoms with Gasteiger partial charge in [-0.3, -0.25) is 0 Å². The fourth-order valence-electron chi connectivity index (χ4n) is 0. The summed E-state index contributed by atoms with van der Waals surface area (Å²) in [6.07, 6.45) is 0. The minimum atomic E-state index is 0. The molecule has 48 valence electrons. The van der Waals surface area contributed by atoms with E-state index in [9.17, 15) is 0 Å². The summed E-state index contributed by atoms with van der Waals surface area (Å²) in [5, 5.41) is 0. The first-order valence-electron chi connectivity index (χ1n) is 0. The van der Waals surface area contributed by atoms with Gasteiger partial charge < -0.3 is 16.4 Å². The van der Waals surface area contributed by atoms with Crippen LogP contribution in [0.25, 0.3) is 0 Å². The van der Waals surface area contributed by atoms with E-state index in [0.717, 1.165) is 0 Å². The van der Waals surface area contributed by atoms with Crippen LogP contribution >= 0.6 is 0 Å². The van der Waals surface area contributed by atoms with E-state index < -0.39 is 0 Å². The zero-order valence-corrected chi connectivity index (χ0v) is 7.22. The molecule has 0 atom stereocenters. The van der Waals surface area contributed by atoms with Gasteiger partial charge in [0.25, 0.3) is 0 Å². The van der Waals surface area contributed by atoms with Gasteiger partial charge in [-0.15, -0.1) is 0 Å². The van der Waals surface area contributed by atoms with E-state index in [2.05, 4.69) is 0 Å². The Morgan fingerprint density at radius 2 is 0.444 bits per heavy atom. The van der Waals surface area contributed by atoms with Crippen LogP contribution in [0.1, 0.15) is 0 Å². The van der Waals surface area contributed by atoms with Crippen LogP contribution in [0.5, 0.6) is 0 Å². The minimum Gasteiger partial charge on any atom is -2.00 e. The van der Waals surface area contributed by atoms with Gasteiger partial charge in [0.05, 0.1) is 0 Å². The Kier molecular flexibility index (Phi) is 1200. The van der Waals surface area contributed by atoms with E-state index in [-0.39, 0.29) is 142 Å². The van der Waals surface area contributed by atoms with Crippen molar-refractivity contribution in [2.45, 2.75) is 0 Å². The molecule has 0 aliphatic rings. The van der Waals surface area contributed by atoms with Gasteiger partial charge in [0.2, 0.25) is 0 Å². The maximum Gasteiger partial charge on any atom is -2.00 e. The van der Waals surface area contributed by atoms with Crippen LogP contribution < -0.4 is 0 Å². The van der Waals surface area contributed by atoms with E-state index in [1.54, 1.807) is 0 Å². The normalized spacial score (nSPS) is 0. The Morgan fingerprint density at radius 3 is 0.444 bits per heavy atom. The zero-order valence-electron chi connectivity index (χ0n) is 2.38. The van der Waals surface area contributed by atoms with Crippen LogP contribution in [0.3, 0.4) is 0 Å². The fraction of sp³-hybridized carbons (Fsp3) is 0. The number of hydrogen-bond acceptors (Lipinski definition) is 0. The van der Waals surface area contributed by atoms with E-state index in [1.165, 1.54) is 0 Å². The van der Waals surface area contributed by atoms with Crippen molar-refractivity contribution in [1.29, 1.82) is 0 Å². The Hall–Kier alpha value is 3.96. The van der Waals surface area contributed by atoms with Crippen LogP contribution in [0.4, 0.5) is 0 Å². The third-order valence-corrected chi connectivity index (χ3v) is 0. The van der Waals surface area contributed by atoms with Gasteiger partial charge in [0, 0.05) is 0 Å². The smallest absolute Gasteiger partial charge is 2.00 e. The van der Waals surface area contributed by atoms with Crippen LogP contribution in [-0.2, 0) is 16.4 Å². The molecule has 0 aliphatic carbocycles. The molecule has 0 N–H and O–H groups in total. The molecule has 0 amide bonds. The molecule has 0 aliphatic heterocycles. The molecule has 0 aromatic rings. The summed E-state index contributed by atoms with van der Waals surface area (Å²) in [7, 11) is 0. The summed E-state index contributed by atoms with van der Waals surface area (Å²) in [5.74, 6) is 0. The van der Waals surface area contributed by atoms with Crippen molar-refractivity contribution in [3.05, 3.63) is 0 Å². The Morgan fingerprint density at radius 1 is 0.444 bits per heavy atom. The molecule has 0 radical (unpaired) electrons. The van der Waals surface area contributed by atoms with Crippen LogP contribution in [0.2, 0.25) is 0 Å². The first-order chi connectivity index (χ1) is 0. The van der Waals surface area contributed by atoms with Crippen LogP contribution in [-0.4, -0.2) is 126 Å². The predicted octanol–water partition coefficient (Wildman–Crippen LogP) is -5.85. The Balaban J connectivity index is 0. The summed E-state index contributed by atoms with van der Waals surface area (Å²) in [4.78, 5) is 0. The third kappa shape index (κ3) is 75.7. The van der Waals surface area contributed by atoms with Gasteiger partial charge in [-0.25, -0.2) is 0 Å². The van der Waals surface area contributed by atoms with E-state index >= 15 is 0 Å². The second-order valence-electron chi connectivity index (χ2n) is 0. The molecule has 0 unspecified atom stereocenters. The summed E-state index contributed by atoms with van der Waals surface area (Å²) < 4.78 is 0. The molecule has 0 spiro atoms. The third-order valence-electron chi connectivity index (χ3n) is 0. The summed E-state index contributed by atoms with van der Waals surface area (Å²) >= 11 is 0. The van der Waals surface area contributed by atoms with Crippen LogP contribution in [0, 0.1) is 0 Å². The molecule has 9 heavy (non-hydrogen) atoms. The molecule has 0 bridgehead atoms. The minimum absolute atomic E-state index is 0. The average Bonchev–Trinajstić information content (AvgIpc) is 0. The molecule has 3 nitrogen and oxygen atoms in total.